The van der Waals surface area contributed by atoms with E-state index in [4.69, 9.17) is 14.6 Å². The Morgan fingerprint density at radius 2 is 2.00 bits per heavy atom. The Labute approximate surface area is 112 Å². The van der Waals surface area contributed by atoms with Crippen LogP contribution in [0.4, 0.5) is 0 Å². The van der Waals surface area contributed by atoms with Crippen LogP contribution >= 0.6 is 0 Å². The van der Waals surface area contributed by atoms with E-state index in [0.717, 1.165) is 19.4 Å². The van der Waals surface area contributed by atoms with Crippen molar-refractivity contribution in [3.63, 3.8) is 0 Å². The second-order valence-electron chi connectivity index (χ2n) is 5.14. The van der Waals surface area contributed by atoms with E-state index in [0.29, 0.717) is 32.5 Å². The average Bonchev–Trinajstić information content (AvgIpc) is 2.46. The second kappa shape index (κ2) is 6.86. The monoisotopic (exact) mass is 271 g/mol. The van der Waals surface area contributed by atoms with E-state index in [1.807, 2.05) is 4.90 Å². The maximum absolute atomic E-state index is 12.2. The van der Waals surface area contributed by atoms with Crippen LogP contribution in [-0.4, -0.2) is 60.9 Å². The van der Waals surface area contributed by atoms with Crippen LogP contribution in [0.3, 0.4) is 0 Å². The molecule has 2 saturated heterocycles. The first-order chi connectivity index (χ1) is 9.16. The van der Waals surface area contributed by atoms with E-state index in [-0.39, 0.29) is 24.5 Å². The van der Waals surface area contributed by atoms with E-state index >= 15 is 0 Å². The topological polar surface area (TPSA) is 76.1 Å². The Bertz CT molecular complexity index is 319. The summed E-state index contributed by atoms with van der Waals surface area (Å²) in [6.45, 7) is 2.34. The lowest BCUT2D eigenvalue weighted by molar-refractivity contribution is -0.148. The lowest BCUT2D eigenvalue weighted by atomic mass is 9.98. The van der Waals surface area contributed by atoms with Crippen molar-refractivity contribution >= 4 is 11.9 Å². The maximum Gasteiger partial charge on any atom is 0.329 e. The molecule has 19 heavy (non-hydrogen) atoms. The fourth-order valence-corrected chi connectivity index (χ4v) is 2.63. The molecule has 2 heterocycles. The number of amides is 1. The molecule has 0 aromatic rings. The Balaban J connectivity index is 1.72. The number of hydrogen-bond donors (Lipinski definition) is 1. The molecular formula is C13H21NO5. The quantitative estimate of drug-likeness (QED) is 0.806. The molecule has 1 unspecified atom stereocenters. The molecule has 6 heteroatoms. The minimum Gasteiger partial charge on any atom is -0.480 e. The first kappa shape index (κ1) is 14.3. The van der Waals surface area contributed by atoms with Gasteiger partial charge >= 0.3 is 5.97 Å². The van der Waals surface area contributed by atoms with Crippen molar-refractivity contribution in [3.8, 4) is 0 Å². The zero-order valence-corrected chi connectivity index (χ0v) is 11.0. The smallest absolute Gasteiger partial charge is 0.329 e. The minimum absolute atomic E-state index is 0.00485. The van der Waals surface area contributed by atoms with Crippen molar-refractivity contribution in [2.24, 2.45) is 5.92 Å². The lowest BCUT2D eigenvalue weighted by Gasteiger charge is -2.34. The zero-order valence-electron chi connectivity index (χ0n) is 11.0. The SMILES string of the molecule is O=C(O)COC1CCN(C(=O)C2CCCOC2)CC1. The van der Waals surface area contributed by atoms with Gasteiger partial charge in [-0.05, 0) is 25.7 Å². The van der Waals surface area contributed by atoms with E-state index in [9.17, 15) is 9.59 Å². The predicted molar refractivity (Wildman–Crippen MR) is 66.7 cm³/mol. The number of carbonyl (C=O) groups excluding carboxylic acids is 1. The van der Waals surface area contributed by atoms with Crippen molar-refractivity contribution in [2.45, 2.75) is 31.8 Å². The number of aliphatic carboxylic acids is 1. The van der Waals surface area contributed by atoms with Gasteiger partial charge in [0.25, 0.3) is 0 Å². The first-order valence-electron chi connectivity index (χ1n) is 6.86. The standard InChI is InChI=1S/C13H21NO5/c15-12(16)9-19-11-3-5-14(6-4-11)13(17)10-2-1-7-18-8-10/h10-11H,1-9H2,(H,15,16). The number of hydrogen-bond acceptors (Lipinski definition) is 4. The molecule has 2 aliphatic heterocycles. The van der Waals surface area contributed by atoms with Gasteiger partial charge in [0.15, 0.2) is 0 Å². The summed E-state index contributed by atoms with van der Waals surface area (Å²) in [5.74, 6) is -0.764. The van der Waals surface area contributed by atoms with Gasteiger partial charge in [-0.3, -0.25) is 4.79 Å². The van der Waals surface area contributed by atoms with Crippen LogP contribution in [0, 0.1) is 5.92 Å². The normalized spacial score (nSPS) is 25.3. The molecule has 1 N–H and O–H groups in total. The molecule has 6 nitrogen and oxygen atoms in total. The lowest BCUT2D eigenvalue weighted by Crippen LogP contribution is -2.45. The molecule has 1 atom stereocenters. The summed E-state index contributed by atoms with van der Waals surface area (Å²) in [6, 6.07) is 0. The van der Waals surface area contributed by atoms with Crippen LogP contribution in [0.5, 0.6) is 0 Å². The average molecular weight is 271 g/mol. The summed E-state index contributed by atoms with van der Waals surface area (Å²) in [7, 11) is 0. The number of carbonyl (C=O) groups is 2. The van der Waals surface area contributed by atoms with Gasteiger partial charge in [-0.1, -0.05) is 0 Å². The van der Waals surface area contributed by atoms with Crippen LogP contribution in [0.25, 0.3) is 0 Å². The first-order valence-corrected chi connectivity index (χ1v) is 6.86. The fraction of sp³-hybridized carbons (Fsp3) is 0.846. The predicted octanol–water partition coefficient (Wildman–Crippen LogP) is 0.505. The molecule has 0 aliphatic carbocycles. The number of nitrogens with zero attached hydrogens (tertiary/aromatic N) is 1. The second-order valence-corrected chi connectivity index (χ2v) is 5.14. The van der Waals surface area contributed by atoms with Crippen LogP contribution in [0.1, 0.15) is 25.7 Å². The van der Waals surface area contributed by atoms with Gasteiger partial charge in [0.2, 0.25) is 5.91 Å². The summed E-state index contributed by atoms with van der Waals surface area (Å²) in [5, 5.41) is 8.55. The largest absolute Gasteiger partial charge is 0.480 e. The third-order valence-corrected chi connectivity index (χ3v) is 3.71. The highest BCUT2D eigenvalue weighted by Crippen LogP contribution is 2.20. The molecule has 2 aliphatic rings. The summed E-state index contributed by atoms with van der Waals surface area (Å²) < 4.78 is 10.6. The van der Waals surface area contributed by atoms with Crippen LogP contribution < -0.4 is 0 Å². The van der Waals surface area contributed by atoms with Crippen LogP contribution in [0.2, 0.25) is 0 Å². The Morgan fingerprint density at radius 1 is 1.26 bits per heavy atom. The number of carboxylic acids is 1. The van der Waals surface area contributed by atoms with Crippen molar-refractivity contribution < 1.29 is 24.2 Å². The molecule has 108 valence electrons. The fourth-order valence-electron chi connectivity index (χ4n) is 2.63. The van der Waals surface area contributed by atoms with Gasteiger partial charge < -0.3 is 19.5 Å². The summed E-state index contributed by atoms with van der Waals surface area (Å²) >= 11 is 0. The Hall–Kier alpha value is -1.14. The molecule has 2 fully saturated rings. The van der Waals surface area contributed by atoms with Gasteiger partial charge in [-0.25, -0.2) is 4.79 Å². The third-order valence-electron chi connectivity index (χ3n) is 3.71. The van der Waals surface area contributed by atoms with Gasteiger partial charge in [-0.15, -0.1) is 0 Å². The molecule has 0 radical (unpaired) electrons. The molecule has 0 aromatic carbocycles. The van der Waals surface area contributed by atoms with Crippen molar-refractivity contribution in [1.29, 1.82) is 0 Å². The number of carboxylic acid groups (broad SMARTS) is 1. The molecular weight excluding hydrogens is 250 g/mol. The zero-order chi connectivity index (χ0) is 13.7. The number of ether oxygens (including phenoxy) is 2. The highest BCUT2D eigenvalue weighted by Gasteiger charge is 2.29. The molecule has 0 aromatic heterocycles. The van der Waals surface area contributed by atoms with E-state index in [2.05, 4.69) is 0 Å². The Kier molecular flexibility index (Phi) is 5.15. The van der Waals surface area contributed by atoms with E-state index in [1.165, 1.54) is 0 Å². The third kappa shape index (κ3) is 4.18. The molecule has 0 spiro atoms. The highest BCUT2D eigenvalue weighted by molar-refractivity contribution is 5.79. The van der Waals surface area contributed by atoms with Gasteiger partial charge in [-0.2, -0.15) is 0 Å². The number of likely N-dealkylation sites (tertiary alicyclic amines) is 1. The molecule has 2 rings (SSSR count). The number of piperidine rings is 1. The van der Waals surface area contributed by atoms with Crippen molar-refractivity contribution in [1.82, 2.24) is 4.90 Å². The molecule has 0 saturated carbocycles. The maximum atomic E-state index is 12.2. The van der Waals surface area contributed by atoms with Crippen molar-refractivity contribution in [3.05, 3.63) is 0 Å². The van der Waals surface area contributed by atoms with Gasteiger partial charge in [0, 0.05) is 19.7 Å². The summed E-state index contributed by atoms with van der Waals surface area (Å²) in [4.78, 5) is 24.5. The highest BCUT2D eigenvalue weighted by atomic mass is 16.5. The van der Waals surface area contributed by atoms with Crippen LogP contribution in [-0.2, 0) is 19.1 Å². The number of rotatable bonds is 4. The van der Waals surface area contributed by atoms with E-state index < -0.39 is 5.97 Å². The van der Waals surface area contributed by atoms with Crippen molar-refractivity contribution in [2.75, 3.05) is 32.9 Å². The summed E-state index contributed by atoms with van der Waals surface area (Å²) in [5.41, 5.74) is 0. The van der Waals surface area contributed by atoms with Gasteiger partial charge in [0.05, 0.1) is 18.6 Å². The van der Waals surface area contributed by atoms with Crippen LogP contribution in [0.15, 0.2) is 0 Å². The summed E-state index contributed by atoms with van der Waals surface area (Å²) in [6.07, 6.45) is 3.25. The van der Waals surface area contributed by atoms with Gasteiger partial charge in [0.1, 0.15) is 6.61 Å². The molecule has 0 bridgehead atoms. The van der Waals surface area contributed by atoms with E-state index in [1.54, 1.807) is 0 Å². The minimum atomic E-state index is -0.946. The Morgan fingerprint density at radius 3 is 2.58 bits per heavy atom. The molecule has 1 amide bonds.